The summed E-state index contributed by atoms with van der Waals surface area (Å²) in [5.74, 6) is -0.170. The molecule has 2 amide bonds. The number of rotatable bonds is 13. The van der Waals surface area contributed by atoms with Crippen molar-refractivity contribution in [3.8, 4) is 0 Å². The lowest BCUT2D eigenvalue weighted by Crippen LogP contribution is -2.49. The number of amides is 2. The highest BCUT2D eigenvalue weighted by atomic mass is 16.6. The number of non-ortho nitro benzene ring substituents is 1. The van der Waals surface area contributed by atoms with Crippen LogP contribution in [-0.4, -0.2) is 43.8 Å². The molecule has 1 heterocycles. The molecule has 1 N–H and O–H groups in total. The summed E-state index contributed by atoms with van der Waals surface area (Å²) in [5.41, 5.74) is 3.27. The molecule has 0 aliphatic carbocycles. The quantitative estimate of drug-likeness (QED) is 0.102. The minimum atomic E-state index is -0.427. The number of benzene rings is 5. The van der Waals surface area contributed by atoms with Gasteiger partial charge in [0.15, 0.2) is 0 Å². The lowest BCUT2D eigenvalue weighted by Gasteiger charge is -2.32. The summed E-state index contributed by atoms with van der Waals surface area (Å²) < 4.78 is 1.87. The van der Waals surface area contributed by atoms with Crippen LogP contribution in [0, 0.1) is 16.0 Å². The zero-order valence-corrected chi connectivity index (χ0v) is 27.7. The van der Waals surface area contributed by atoms with Crippen molar-refractivity contribution in [1.82, 2.24) is 19.8 Å². The zero-order chi connectivity index (χ0) is 34.3. The van der Waals surface area contributed by atoms with Crippen LogP contribution in [0.4, 0.5) is 5.69 Å². The van der Waals surface area contributed by atoms with E-state index in [4.69, 9.17) is 0 Å². The number of nitrogens with zero attached hydrogens (tertiary/aromatic N) is 4. The molecule has 0 saturated heterocycles. The van der Waals surface area contributed by atoms with Gasteiger partial charge in [-0.25, -0.2) is 4.98 Å². The highest BCUT2D eigenvalue weighted by molar-refractivity contribution is 6.07. The molecule has 0 unspecified atom stereocenters. The Morgan fingerprint density at radius 3 is 2.24 bits per heavy atom. The van der Waals surface area contributed by atoms with E-state index in [0.717, 1.165) is 44.8 Å². The Morgan fingerprint density at radius 2 is 1.53 bits per heavy atom. The van der Waals surface area contributed by atoms with Crippen LogP contribution in [0.1, 0.15) is 47.4 Å². The molecule has 2 atom stereocenters. The average Bonchev–Trinajstić information content (AvgIpc) is 3.55. The van der Waals surface area contributed by atoms with E-state index in [1.165, 1.54) is 12.1 Å². The minimum Gasteiger partial charge on any atom is -0.351 e. The summed E-state index contributed by atoms with van der Waals surface area (Å²) in [4.78, 5) is 45.0. The van der Waals surface area contributed by atoms with Crippen LogP contribution in [-0.2, 0) is 24.3 Å². The van der Waals surface area contributed by atoms with Crippen molar-refractivity contribution in [2.45, 2.75) is 45.8 Å². The standard InChI is InChI=1S/C40H39N5O4/c1-3-28(2)38(42-39(46)22-34-23-41-27-44(34)24-29-18-20-33(21-19-29)45(48)49)26-43(25-32-14-8-12-30-10-4-6-15-35(30)32)40(47)37-17-9-13-31-11-5-7-16-36(31)37/h4-21,23,27-28,38H,3,22,24-26H2,1-2H3,(H,42,46)/t28-,38+/m0/s1. The molecule has 0 saturated carbocycles. The number of nitrogens with one attached hydrogen (secondary N) is 1. The molecular formula is C40H39N5O4. The number of hydrogen-bond donors (Lipinski definition) is 1. The van der Waals surface area contributed by atoms with E-state index in [1.54, 1.807) is 24.7 Å². The van der Waals surface area contributed by atoms with E-state index in [-0.39, 0.29) is 35.9 Å². The molecular weight excluding hydrogens is 614 g/mol. The highest BCUT2D eigenvalue weighted by Crippen LogP contribution is 2.25. The largest absolute Gasteiger partial charge is 0.351 e. The Balaban J connectivity index is 1.25. The molecule has 6 aromatic rings. The van der Waals surface area contributed by atoms with Gasteiger partial charge >= 0.3 is 0 Å². The van der Waals surface area contributed by atoms with E-state index in [1.807, 2.05) is 70.1 Å². The number of fused-ring (bicyclic) bond motifs is 2. The molecule has 6 rings (SSSR count). The van der Waals surface area contributed by atoms with Gasteiger partial charge in [-0.15, -0.1) is 0 Å². The normalized spacial score (nSPS) is 12.4. The SMILES string of the molecule is CC[C@H](C)[C@@H](CN(Cc1cccc2ccccc12)C(=O)c1cccc2ccccc12)NC(=O)Cc1cncn1Cc1ccc([N+](=O)[O-])cc1. The van der Waals surface area contributed by atoms with Crippen molar-refractivity contribution < 1.29 is 14.5 Å². The van der Waals surface area contributed by atoms with Crippen LogP contribution in [0.5, 0.6) is 0 Å². The first kappa shape index (κ1) is 33.1. The van der Waals surface area contributed by atoms with Crippen LogP contribution >= 0.6 is 0 Å². The molecule has 9 nitrogen and oxygen atoms in total. The van der Waals surface area contributed by atoms with Crippen LogP contribution in [0.2, 0.25) is 0 Å². The van der Waals surface area contributed by atoms with Crippen molar-refractivity contribution in [3.05, 3.63) is 154 Å². The molecule has 1 aromatic heterocycles. The maximum Gasteiger partial charge on any atom is 0.269 e. The molecule has 49 heavy (non-hydrogen) atoms. The van der Waals surface area contributed by atoms with Gasteiger partial charge < -0.3 is 14.8 Å². The second kappa shape index (κ2) is 14.9. The number of nitro groups is 1. The Morgan fingerprint density at radius 1 is 0.878 bits per heavy atom. The molecule has 9 heteroatoms. The number of nitro benzene ring substituents is 1. The summed E-state index contributed by atoms with van der Waals surface area (Å²) >= 11 is 0. The molecule has 0 fully saturated rings. The first-order valence-electron chi connectivity index (χ1n) is 16.6. The zero-order valence-electron chi connectivity index (χ0n) is 27.7. The predicted octanol–water partition coefficient (Wildman–Crippen LogP) is 7.56. The smallest absolute Gasteiger partial charge is 0.269 e. The lowest BCUT2D eigenvalue weighted by atomic mass is 9.96. The van der Waals surface area contributed by atoms with Gasteiger partial charge in [0.2, 0.25) is 5.91 Å². The number of imidazole rings is 1. The van der Waals surface area contributed by atoms with E-state index in [0.29, 0.717) is 25.2 Å². The lowest BCUT2D eigenvalue weighted by molar-refractivity contribution is -0.384. The summed E-state index contributed by atoms with van der Waals surface area (Å²) in [7, 11) is 0. The van der Waals surface area contributed by atoms with E-state index in [2.05, 4.69) is 48.4 Å². The van der Waals surface area contributed by atoms with Gasteiger partial charge in [-0.05, 0) is 44.7 Å². The van der Waals surface area contributed by atoms with Crippen molar-refractivity contribution in [1.29, 1.82) is 0 Å². The Kier molecular flexibility index (Phi) is 10.1. The molecule has 0 spiro atoms. The number of hydrogen-bond acceptors (Lipinski definition) is 5. The third kappa shape index (κ3) is 7.67. The summed E-state index contributed by atoms with van der Waals surface area (Å²) in [5, 5.41) is 18.4. The monoisotopic (exact) mass is 653 g/mol. The van der Waals surface area contributed by atoms with E-state index in [9.17, 15) is 19.7 Å². The molecule has 248 valence electrons. The van der Waals surface area contributed by atoms with Gasteiger partial charge in [-0.2, -0.15) is 0 Å². The topological polar surface area (TPSA) is 110 Å². The van der Waals surface area contributed by atoms with Gasteiger partial charge in [0.1, 0.15) is 0 Å². The fourth-order valence-corrected chi connectivity index (χ4v) is 6.31. The minimum absolute atomic E-state index is 0.0264. The van der Waals surface area contributed by atoms with Gasteiger partial charge in [0.25, 0.3) is 11.6 Å². The van der Waals surface area contributed by atoms with E-state index < -0.39 is 4.92 Å². The molecule has 0 aliphatic heterocycles. The third-order valence-corrected chi connectivity index (χ3v) is 9.28. The summed E-state index contributed by atoms with van der Waals surface area (Å²) in [6.07, 6.45) is 4.24. The Bertz CT molecular complexity index is 2100. The van der Waals surface area contributed by atoms with Gasteiger partial charge in [0, 0.05) is 55.3 Å². The second-order valence-corrected chi connectivity index (χ2v) is 12.5. The van der Waals surface area contributed by atoms with E-state index >= 15 is 0 Å². The third-order valence-electron chi connectivity index (χ3n) is 9.28. The van der Waals surface area contributed by atoms with Crippen molar-refractivity contribution >= 4 is 39.0 Å². The highest BCUT2D eigenvalue weighted by Gasteiger charge is 2.27. The van der Waals surface area contributed by atoms with Crippen LogP contribution in [0.15, 0.2) is 122 Å². The van der Waals surface area contributed by atoms with Gasteiger partial charge in [-0.1, -0.05) is 111 Å². The summed E-state index contributed by atoms with van der Waals surface area (Å²) in [6.45, 7) is 5.32. The maximum atomic E-state index is 14.5. The fraction of sp³-hybridized carbons (Fsp3) is 0.225. The number of carbonyl (C=O) groups excluding carboxylic acids is 2. The fourth-order valence-electron chi connectivity index (χ4n) is 6.31. The van der Waals surface area contributed by atoms with Crippen LogP contribution < -0.4 is 5.32 Å². The second-order valence-electron chi connectivity index (χ2n) is 12.5. The Hall–Kier alpha value is -5.83. The first-order valence-corrected chi connectivity index (χ1v) is 16.6. The molecule has 5 aromatic carbocycles. The van der Waals surface area contributed by atoms with Crippen molar-refractivity contribution in [2.24, 2.45) is 5.92 Å². The molecule has 0 radical (unpaired) electrons. The average molecular weight is 654 g/mol. The van der Waals surface area contributed by atoms with Crippen molar-refractivity contribution in [2.75, 3.05) is 6.54 Å². The number of aromatic nitrogens is 2. The molecule has 0 aliphatic rings. The van der Waals surface area contributed by atoms with Crippen LogP contribution in [0.3, 0.4) is 0 Å². The van der Waals surface area contributed by atoms with Gasteiger partial charge in [0.05, 0.1) is 17.7 Å². The van der Waals surface area contributed by atoms with Crippen molar-refractivity contribution in [3.63, 3.8) is 0 Å². The summed E-state index contributed by atoms with van der Waals surface area (Å²) in [6, 6.07) is 34.1. The van der Waals surface area contributed by atoms with Crippen LogP contribution in [0.25, 0.3) is 21.5 Å². The molecule has 0 bridgehead atoms. The van der Waals surface area contributed by atoms with Gasteiger partial charge in [-0.3, -0.25) is 19.7 Å². The Labute approximate surface area is 285 Å². The number of carbonyl (C=O) groups is 2. The first-order chi connectivity index (χ1) is 23.8. The maximum absolute atomic E-state index is 14.5. The predicted molar refractivity (Wildman–Crippen MR) is 192 cm³/mol.